The summed E-state index contributed by atoms with van der Waals surface area (Å²) in [5, 5.41) is 16.7. The molecule has 0 aliphatic heterocycles. The fourth-order valence-electron chi connectivity index (χ4n) is 0.859. The van der Waals surface area contributed by atoms with Gasteiger partial charge in [-0.05, 0) is 0 Å². The Balaban J connectivity index is 3.51. The Hall–Kier alpha value is -2.34. The normalized spacial score (nSPS) is 16.9. The van der Waals surface area contributed by atoms with Crippen LogP contribution < -0.4 is 0 Å². The molecule has 0 N–H and O–H groups in total. The molecule has 0 bridgehead atoms. The summed E-state index contributed by atoms with van der Waals surface area (Å²) in [5.74, 6) is -6.99. The van der Waals surface area contributed by atoms with E-state index in [2.05, 4.69) is 0 Å². The van der Waals surface area contributed by atoms with E-state index in [0.717, 1.165) is 0 Å². The molecule has 0 spiro atoms. The molecule has 0 atom stereocenters. The number of nitriles is 2. The van der Waals surface area contributed by atoms with E-state index in [4.69, 9.17) is 10.5 Å². The molecule has 68 valence electrons. The fourth-order valence-corrected chi connectivity index (χ4v) is 0.859. The molecule has 0 amide bonds. The molecule has 14 heavy (non-hydrogen) atoms. The Bertz CT molecular complexity index is 444. The first kappa shape index (κ1) is 9.75. The van der Waals surface area contributed by atoms with Gasteiger partial charge < -0.3 is 0 Å². The second-order valence-corrected chi connectivity index (χ2v) is 2.26. The topological polar surface area (TPSA) is 81.7 Å². The standard InChI is InChI=1S/C8F2N2O2/c9-5-6(10)8(14)4(2-12)3(1-11)7(5)13. The summed E-state index contributed by atoms with van der Waals surface area (Å²) in [4.78, 5) is 21.7. The van der Waals surface area contributed by atoms with Gasteiger partial charge in [0.05, 0.1) is 0 Å². The highest BCUT2D eigenvalue weighted by Crippen LogP contribution is 2.25. The highest BCUT2D eigenvalue weighted by molar-refractivity contribution is 6.26. The van der Waals surface area contributed by atoms with Crippen LogP contribution in [0.15, 0.2) is 22.8 Å². The molecule has 1 aliphatic carbocycles. The van der Waals surface area contributed by atoms with E-state index in [1.54, 1.807) is 0 Å². The largest absolute Gasteiger partial charge is 0.285 e. The van der Waals surface area contributed by atoms with Gasteiger partial charge >= 0.3 is 0 Å². The molecule has 0 aromatic carbocycles. The lowest BCUT2D eigenvalue weighted by Gasteiger charge is -2.05. The van der Waals surface area contributed by atoms with Crippen LogP contribution in [-0.4, -0.2) is 11.6 Å². The summed E-state index contributed by atoms with van der Waals surface area (Å²) in [6.45, 7) is 0. The van der Waals surface area contributed by atoms with E-state index in [9.17, 15) is 18.4 Å². The minimum Gasteiger partial charge on any atom is -0.285 e. The van der Waals surface area contributed by atoms with Crippen LogP contribution in [-0.2, 0) is 9.59 Å². The average Bonchev–Trinajstić information content (AvgIpc) is 2.20. The second-order valence-electron chi connectivity index (χ2n) is 2.26. The zero-order valence-corrected chi connectivity index (χ0v) is 6.47. The van der Waals surface area contributed by atoms with Crippen LogP contribution in [0.1, 0.15) is 0 Å². The SMILES string of the molecule is N#CC1=C(C#N)C(=O)C(F)=C(F)C1=O. The summed E-state index contributed by atoms with van der Waals surface area (Å²) in [6, 6.07) is 2.36. The molecule has 0 saturated carbocycles. The minimum absolute atomic E-state index is 0.962. The first-order valence-electron chi connectivity index (χ1n) is 3.23. The molecule has 0 fully saturated rings. The lowest BCUT2D eigenvalue weighted by Crippen LogP contribution is -2.19. The number of hydrogen-bond acceptors (Lipinski definition) is 4. The zero-order valence-electron chi connectivity index (χ0n) is 6.47. The van der Waals surface area contributed by atoms with Crippen molar-refractivity contribution in [3.05, 3.63) is 22.8 Å². The van der Waals surface area contributed by atoms with E-state index in [1.807, 2.05) is 0 Å². The molecule has 0 aromatic rings. The van der Waals surface area contributed by atoms with Crippen molar-refractivity contribution >= 4 is 11.6 Å². The minimum atomic E-state index is -1.93. The monoisotopic (exact) mass is 194 g/mol. The maximum absolute atomic E-state index is 12.6. The number of allylic oxidation sites excluding steroid dienone is 4. The van der Waals surface area contributed by atoms with Gasteiger partial charge in [-0.15, -0.1) is 0 Å². The molecule has 6 heteroatoms. The Labute approximate surface area is 76.3 Å². The number of halogens is 2. The maximum Gasteiger partial charge on any atom is 0.236 e. The van der Waals surface area contributed by atoms with Gasteiger partial charge in [-0.25, -0.2) is 0 Å². The van der Waals surface area contributed by atoms with Crippen molar-refractivity contribution in [2.24, 2.45) is 0 Å². The van der Waals surface area contributed by atoms with Crippen molar-refractivity contribution in [3.63, 3.8) is 0 Å². The molecule has 0 saturated heterocycles. The van der Waals surface area contributed by atoms with E-state index >= 15 is 0 Å². The molecule has 1 aliphatic rings. The van der Waals surface area contributed by atoms with Crippen LogP contribution in [0.3, 0.4) is 0 Å². The van der Waals surface area contributed by atoms with Gasteiger partial charge in [0, 0.05) is 0 Å². The van der Waals surface area contributed by atoms with Crippen molar-refractivity contribution < 1.29 is 18.4 Å². The molecule has 4 nitrogen and oxygen atoms in total. The van der Waals surface area contributed by atoms with Gasteiger partial charge in [-0.2, -0.15) is 19.3 Å². The molecular weight excluding hydrogens is 194 g/mol. The van der Waals surface area contributed by atoms with Crippen molar-refractivity contribution in [1.82, 2.24) is 0 Å². The van der Waals surface area contributed by atoms with Crippen molar-refractivity contribution in [2.75, 3.05) is 0 Å². The van der Waals surface area contributed by atoms with Gasteiger partial charge in [0.15, 0.2) is 0 Å². The first-order valence-corrected chi connectivity index (χ1v) is 3.23. The van der Waals surface area contributed by atoms with E-state index in [0.29, 0.717) is 0 Å². The van der Waals surface area contributed by atoms with Gasteiger partial charge in [0.2, 0.25) is 23.2 Å². The first-order chi connectivity index (χ1) is 6.54. The van der Waals surface area contributed by atoms with Crippen LogP contribution >= 0.6 is 0 Å². The summed E-state index contributed by atoms with van der Waals surface area (Å²) in [5.41, 5.74) is -1.92. The second kappa shape index (κ2) is 3.19. The third-order valence-corrected chi connectivity index (χ3v) is 1.52. The Kier molecular flexibility index (Phi) is 2.22. The number of carbonyl (C=O) groups is 2. The summed E-state index contributed by atoms with van der Waals surface area (Å²) in [7, 11) is 0. The number of carbonyl (C=O) groups excluding carboxylic acids is 2. The molecule has 0 aromatic heterocycles. The molecule has 0 heterocycles. The number of Topliss-reactive ketones (excluding diaryl/α,β-unsaturated/α-hetero) is 2. The number of nitrogens with zero attached hydrogens (tertiary/aromatic N) is 2. The lowest BCUT2D eigenvalue weighted by molar-refractivity contribution is -0.118. The van der Waals surface area contributed by atoms with Crippen molar-refractivity contribution in [2.45, 2.75) is 0 Å². The predicted molar refractivity (Wildman–Crippen MR) is 37.5 cm³/mol. The Morgan fingerprint density at radius 2 is 1.14 bits per heavy atom. The average molecular weight is 194 g/mol. The van der Waals surface area contributed by atoms with E-state index in [1.165, 1.54) is 12.1 Å². The number of rotatable bonds is 0. The maximum atomic E-state index is 12.6. The molecular formula is C8F2N2O2. The summed E-state index contributed by atoms with van der Waals surface area (Å²) < 4.78 is 25.2. The number of hydrogen-bond donors (Lipinski definition) is 0. The smallest absolute Gasteiger partial charge is 0.236 e. The molecule has 1 rings (SSSR count). The van der Waals surface area contributed by atoms with E-state index < -0.39 is 34.4 Å². The van der Waals surface area contributed by atoms with Gasteiger partial charge in [0.1, 0.15) is 23.3 Å². The Morgan fingerprint density at radius 1 is 0.857 bits per heavy atom. The van der Waals surface area contributed by atoms with E-state index in [-0.39, 0.29) is 0 Å². The lowest BCUT2D eigenvalue weighted by atomic mass is 9.95. The van der Waals surface area contributed by atoms with Crippen LogP contribution in [0.5, 0.6) is 0 Å². The van der Waals surface area contributed by atoms with Crippen LogP contribution in [0.25, 0.3) is 0 Å². The van der Waals surface area contributed by atoms with Gasteiger partial charge in [-0.1, -0.05) is 0 Å². The predicted octanol–water partition coefficient (Wildman–Crippen LogP) is 0.633. The third kappa shape index (κ3) is 1.10. The highest BCUT2D eigenvalue weighted by atomic mass is 19.2. The summed E-state index contributed by atoms with van der Waals surface area (Å²) in [6.07, 6.45) is 0. The van der Waals surface area contributed by atoms with Crippen LogP contribution in [0.4, 0.5) is 8.78 Å². The molecule has 0 radical (unpaired) electrons. The van der Waals surface area contributed by atoms with Crippen LogP contribution in [0.2, 0.25) is 0 Å². The van der Waals surface area contributed by atoms with Crippen molar-refractivity contribution in [3.8, 4) is 12.1 Å². The third-order valence-electron chi connectivity index (χ3n) is 1.52. The van der Waals surface area contributed by atoms with Crippen molar-refractivity contribution in [1.29, 1.82) is 10.5 Å². The summed E-state index contributed by atoms with van der Waals surface area (Å²) >= 11 is 0. The van der Waals surface area contributed by atoms with Gasteiger partial charge in [-0.3, -0.25) is 9.59 Å². The fraction of sp³-hybridized carbons (Fsp3) is 0. The molecule has 0 unspecified atom stereocenters. The number of ketones is 2. The quantitative estimate of drug-likeness (QED) is 0.529. The van der Waals surface area contributed by atoms with Gasteiger partial charge in [0.25, 0.3) is 0 Å². The Morgan fingerprint density at radius 3 is 1.36 bits per heavy atom. The van der Waals surface area contributed by atoms with Crippen LogP contribution in [0, 0.1) is 22.7 Å². The zero-order chi connectivity index (χ0) is 10.9. The highest BCUT2D eigenvalue weighted by Gasteiger charge is 2.36.